The van der Waals surface area contributed by atoms with Crippen LogP contribution in [-0.4, -0.2) is 24.9 Å². The SMILES string of the molecule is c1ccc(-c2cc(-c3ccc(-c4ccc(-c5ccc6[nH]c7ccccc7c6c5)c5[nH]c6ccccc6c45)cc3)nc(-c3ccccc3-c3cccnc3)n2)cc1. The number of hydrogen-bond acceptors (Lipinski definition) is 3. The van der Waals surface area contributed by atoms with Crippen molar-refractivity contribution in [3.05, 3.63) is 188 Å². The molecular weight excluding hydrogens is 683 g/mol. The number of H-pyrrole nitrogens is 2. The number of pyridine rings is 1. The first kappa shape index (κ1) is 31.9. The minimum atomic E-state index is 0.673. The Bertz CT molecular complexity index is 3230. The van der Waals surface area contributed by atoms with Crippen molar-refractivity contribution in [1.29, 1.82) is 0 Å². The van der Waals surface area contributed by atoms with Crippen LogP contribution in [0, 0.1) is 0 Å². The topological polar surface area (TPSA) is 70.2 Å². The molecule has 56 heavy (non-hydrogen) atoms. The molecule has 5 heteroatoms. The molecular formula is C51H33N5. The zero-order valence-corrected chi connectivity index (χ0v) is 30.2. The Morgan fingerprint density at radius 1 is 0.357 bits per heavy atom. The highest BCUT2D eigenvalue weighted by molar-refractivity contribution is 6.19. The van der Waals surface area contributed by atoms with Gasteiger partial charge in [-0.2, -0.15) is 0 Å². The summed E-state index contributed by atoms with van der Waals surface area (Å²) in [5, 5.41) is 4.88. The summed E-state index contributed by atoms with van der Waals surface area (Å²) in [4.78, 5) is 22.1. The van der Waals surface area contributed by atoms with Crippen LogP contribution in [-0.2, 0) is 0 Å². The van der Waals surface area contributed by atoms with Gasteiger partial charge in [0.25, 0.3) is 0 Å². The lowest BCUT2D eigenvalue weighted by molar-refractivity contribution is 1.18. The van der Waals surface area contributed by atoms with Crippen molar-refractivity contribution in [3.63, 3.8) is 0 Å². The van der Waals surface area contributed by atoms with Crippen LogP contribution >= 0.6 is 0 Å². The van der Waals surface area contributed by atoms with E-state index in [1.54, 1.807) is 6.20 Å². The third-order valence-electron chi connectivity index (χ3n) is 10.9. The summed E-state index contributed by atoms with van der Waals surface area (Å²) in [5.74, 6) is 0.673. The van der Waals surface area contributed by atoms with Gasteiger partial charge in [-0.3, -0.25) is 4.98 Å². The maximum atomic E-state index is 5.21. The normalized spacial score (nSPS) is 11.6. The maximum absolute atomic E-state index is 5.21. The Balaban J connectivity index is 1.04. The minimum absolute atomic E-state index is 0.673. The fourth-order valence-electron chi connectivity index (χ4n) is 8.20. The van der Waals surface area contributed by atoms with Crippen molar-refractivity contribution in [2.24, 2.45) is 0 Å². The van der Waals surface area contributed by atoms with Crippen LogP contribution in [0.4, 0.5) is 0 Å². The molecule has 0 spiro atoms. The smallest absolute Gasteiger partial charge is 0.161 e. The number of hydrogen-bond donors (Lipinski definition) is 2. The molecule has 11 rings (SSSR count). The summed E-state index contributed by atoms with van der Waals surface area (Å²) in [5.41, 5.74) is 16.0. The average Bonchev–Trinajstić information content (AvgIpc) is 3.85. The minimum Gasteiger partial charge on any atom is -0.355 e. The number of para-hydroxylation sites is 2. The highest BCUT2D eigenvalue weighted by atomic mass is 14.9. The lowest BCUT2D eigenvalue weighted by atomic mass is 9.93. The second-order valence-corrected chi connectivity index (χ2v) is 14.2. The monoisotopic (exact) mass is 715 g/mol. The van der Waals surface area contributed by atoms with Crippen LogP contribution in [0.3, 0.4) is 0 Å². The van der Waals surface area contributed by atoms with Crippen molar-refractivity contribution in [3.8, 4) is 67.3 Å². The molecule has 4 heterocycles. The van der Waals surface area contributed by atoms with Gasteiger partial charge in [-0.05, 0) is 58.7 Å². The van der Waals surface area contributed by atoms with E-state index in [1.165, 1.54) is 38.2 Å². The van der Waals surface area contributed by atoms with Crippen LogP contribution in [0.15, 0.2) is 188 Å². The van der Waals surface area contributed by atoms with E-state index in [0.29, 0.717) is 5.82 Å². The van der Waals surface area contributed by atoms with Gasteiger partial charge in [-0.15, -0.1) is 0 Å². The predicted molar refractivity (Wildman–Crippen MR) is 231 cm³/mol. The van der Waals surface area contributed by atoms with Crippen LogP contribution in [0.2, 0.25) is 0 Å². The molecule has 0 saturated heterocycles. The lowest BCUT2D eigenvalue weighted by Crippen LogP contribution is -1.97. The molecule has 0 fully saturated rings. The molecule has 0 amide bonds. The zero-order valence-electron chi connectivity index (χ0n) is 30.2. The number of nitrogens with zero attached hydrogens (tertiary/aromatic N) is 3. The Kier molecular flexibility index (Phi) is 7.42. The van der Waals surface area contributed by atoms with Gasteiger partial charge in [0.05, 0.1) is 16.9 Å². The Morgan fingerprint density at radius 3 is 1.75 bits per heavy atom. The highest BCUT2D eigenvalue weighted by Crippen LogP contribution is 2.42. The van der Waals surface area contributed by atoms with Crippen molar-refractivity contribution in [2.75, 3.05) is 0 Å². The van der Waals surface area contributed by atoms with Gasteiger partial charge in [0.1, 0.15) is 0 Å². The molecule has 262 valence electrons. The van der Waals surface area contributed by atoms with E-state index in [1.807, 2.05) is 42.6 Å². The van der Waals surface area contributed by atoms with E-state index in [-0.39, 0.29) is 0 Å². The van der Waals surface area contributed by atoms with Crippen molar-refractivity contribution in [1.82, 2.24) is 24.9 Å². The molecule has 0 bridgehead atoms. The van der Waals surface area contributed by atoms with Gasteiger partial charge in [-0.1, -0.05) is 140 Å². The molecule has 5 nitrogen and oxygen atoms in total. The quantitative estimate of drug-likeness (QED) is 0.180. The first-order valence-electron chi connectivity index (χ1n) is 18.8. The summed E-state index contributed by atoms with van der Waals surface area (Å²) in [6, 6.07) is 61.9. The van der Waals surface area contributed by atoms with E-state index in [2.05, 4.69) is 154 Å². The van der Waals surface area contributed by atoms with Crippen molar-refractivity contribution < 1.29 is 0 Å². The number of aromatic amines is 2. The third kappa shape index (κ3) is 5.37. The van der Waals surface area contributed by atoms with Crippen LogP contribution in [0.25, 0.3) is 111 Å². The first-order chi connectivity index (χ1) is 27.7. The van der Waals surface area contributed by atoms with Crippen molar-refractivity contribution in [2.45, 2.75) is 0 Å². The second kappa shape index (κ2) is 13.0. The van der Waals surface area contributed by atoms with Gasteiger partial charge < -0.3 is 9.97 Å². The van der Waals surface area contributed by atoms with E-state index >= 15 is 0 Å². The number of aromatic nitrogens is 5. The summed E-state index contributed by atoms with van der Waals surface area (Å²) in [6.07, 6.45) is 3.68. The molecule has 7 aromatic carbocycles. The molecule has 0 aliphatic carbocycles. The zero-order chi connectivity index (χ0) is 37.0. The molecule has 0 saturated carbocycles. The molecule has 4 aromatic heterocycles. The third-order valence-corrected chi connectivity index (χ3v) is 10.9. The van der Waals surface area contributed by atoms with E-state index in [4.69, 9.17) is 9.97 Å². The average molecular weight is 716 g/mol. The summed E-state index contributed by atoms with van der Waals surface area (Å²) in [6.45, 7) is 0. The summed E-state index contributed by atoms with van der Waals surface area (Å²) in [7, 11) is 0. The molecule has 0 unspecified atom stereocenters. The van der Waals surface area contributed by atoms with E-state index in [0.717, 1.165) is 66.8 Å². The number of rotatable bonds is 6. The molecule has 0 aliphatic heterocycles. The van der Waals surface area contributed by atoms with Gasteiger partial charge in [0.15, 0.2) is 5.82 Å². The number of benzene rings is 7. The van der Waals surface area contributed by atoms with Gasteiger partial charge in [0.2, 0.25) is 0 Å². The summed E-state index contributed by atoms with van der Waals surface area (Å²) < 4.78 is 0. The van der Waals surface area contributed by atoms with Crippen LogP contribution < -0.4 is 0 Å². The fraction of sp³-hybridized carbons (Fsp3) is 0. The number of fused-ring (bicyclic) bond motifs is 6. The van der Waals surface area contributed by atoms with Gasteiger partial charge in [0, 0.05) is 78.3 Å². The predicted octanol–water partition coefficient (Wildman–Crippen LogP) is 13.1. The van der Waals surface area contributed by atoms with Gasteiger partial charge in [-0.25, -0.2) is 9.97 Å². The Labute approximate surface area is 323 Å². The Morgan fingerprint density at radius 2 is 0.964 bits per heavy atom. The highest BCUT2D eigenvalue weighted by Gasteiger charge is 2.18. The molecule has 2 N–H and O–H groups in total. The van der Waals surface area contributed by atoms with Crippen LogP contribution in [0.5, 0.6) is 0 Å². The van der Waals surface area contributed by atoms with Gasteiger partial charge >= 0.3 is 0 Å². The lowest BCUT2D eigenvalue weighted by Gasteiger charge is -2.13. The molecule has 0 aliphatic rings. The van der Waals surface area contributed by atoms with Crippen molar-refractivity contribution >= 4 is 43.6 Å². The summed E-state index contributed by atoms with van der Waals surface area (Å²) >= 11 is 0. The number of nitrogens with one attached hydrogen (secondary N) is 2. The Hall–Kier alpha value is -7.63. The van der Waals surface area contributed by atoms with E-state index < -0.39 is 0 Å². The van der Waals surface area contributed by atoms with E-state index in [9.17, 15) is 0 Å². The fourth-order valence-corrected chi connectivity index (χ4v) is 8.20. The first-order valence-corrected chi connectivity index (χ1v) is 18.8. The standard InChI is InChI=1S/C51H33N5/c1-2-11-33(12-3-1)47-30-48(56-51(55-47)41-16-5-4-14-37(41)36-13-10-28-52-31-36)34-22-20-32(21-23-34)38-25-26-39(50-49(38)42-17-7-9-19-45(42)54-50)35-24-27-46-43(29-35)40-15-6-8-18-44(40)53-46/h1-31,53-54H. The molecule has 0 atom stereocenters. The largest absolute Gasteiger partial charge is 0.355 e. The molecule has 11 aromatic rings. The maximum Gasteiger partial charge on any atom is 0.161 e. The second-order valence-electron chi connectivity index (χ2n) is 14.2. The van der Waals surface area contributed by atoms with Crippen LogP contribution in [0.1, 0.15) is 0 Å². The molecule has 0 radical (unpaired) electrons.